The number of H-pyrrole nitrogens is 1. The summed E-state index contributed by atoms with van der Waals surface area (Å²) in [6.07, 6.45) is 1.67. The molecule has 0 aliphatic carbocycles. The molecule has 0 spiro atoms. The first-order valence-corrected chi connectivity index (χ1v) is 9.15. The number of imidazole rings is 1. The van der Waals surface area contributed by atoms with Gasteiger partial charge >= 0.3 is 0 Å². The number of methoxy groups -OCH3 is 1. The molecule has 0 bridgehead atoms. The number of halogens is 2. The van der Waals surface area contributed by atoms with Gasteiger partial charge < -0.3 is 14.8 Å². The van der Waals surface area contributed by atoms with Crippen molar-refractivity contribution in [2.24, 2.45) is 4.99 Å². The van der Waals surface area contributed by atoms with Crippen LogP contribution in [0.15, 0.2) is 59.6 Å². The minimum absolute atomic E-state index is 0.0694. The first-order chi connectivity index (χ1) is 13.5. The maximum Gasteiger partial charge on any atom is 0.160 e. The van der Waals surface area contributed by atoms with Crippen LogP contribution in [0, 0.1) is 0 Å². The average Bonchev–Trinajstić information content (AvgIpc) is 3.09. The number of nitrogens with one attached hydrogen (secondary N) is 1. The van der Waals surface area contributed by atoms with Gasteiger partial charge in [0.2, 0.25) is 0 Å². The van der Waals surface area contributed by atoms with Crippen LogP contribution in [0.1, 0.15) is 5.56 Å². The Morgan fingerprint density at radius 1 is 1.07 bits per heavy atom. The van der Waals surface area contributed by atoms with E-state index in [0.717, 1.165) is 27.8 Å². The van der Waals surface area contributed by atoms with Gasteiger partial charge in [0, 0.05) is 16.8 Å². The van der Waals surface area contributed by atoms with Crippen molar-refractivity contribution in [3.8, 4) is 22.9 Å². The summed E-state index contributed by atoms with van der Waals surface area (Å²) in [5.74, 6) is 1.15. The summed E-state index contributed by atoms with van der Waals surface area (Å²) in [5, 5.41) is 11.0. The highest BCUT2D eigenvalue weighted by Crippen LogP contribution is 2.31. The lowest BCUT2D eigenvalue weighted by molar-refractivity contribution is 0.373. The van der Waals surface area contributed by atoms with Crippen molar-refractivity contribution in [3.63, 3.8) is 0 Å². The lowest BCUT2D eigenvalue weighted by Crippen LogP contribution is -1.86. The number of hydrogen-bond acceptors (Lipinski definition) is 4. The quantitative estimate of drug-likeness (QED) is 0.404. The largest absolute Gasteiger partial charge is 0.504 e. The van der Waals surface area contributed by atoms with Crippen LogP contribution in [0.5, 0.6) is 11.5 Å². The van der Waals surface area contributed by atoms with Gasteiger partial charge in [0.1, 0.15) is 5.82 Å². The fraction of sp³-hybridized carbons (Fsp3) is 0.0476. The van der Waals surface area contributed by atoms with Crippen LogP contribution in [0.25, 0.3) is 22.4 Å². The molecule has 1 aromatic heterocycles. The molecule has 2 N–H and O–H groups in total. The first-order valence-electron chi connectivity index (χ1n) is 8.40. The molecule has 0 saturated heterocycles. The van der Waals surface area contributed by atoms with Gasteiger partial charge in [0.15, 0.2) is 11.5 Å². The van der Waals surface area contributed by atoms with E-state index >= 15 is 0 Å². The van der Waals surface area contributed by atoms with Crippen LogP contribution in [-0.2, 0) is 0 Å². The Hall–Kier alpha value is -3.02. The van der Waals surface area contributed by atoms with E-state index in [-0.39, 0.29) is 5.75 Å². The molecule has 4 aromatic rings. The second-order valence-corrected chi connectivity index (χ2v) is 6.94. The number of benzene rings is 3. The van der Waals surface area contributed by atoms with E-state index in [0.29, 0.717) is 21.6 Å². The third-order valence-electron chi connectivity index (χ3n) is 4.22. The zero-order valence-electron chi connectivity index (χ0n) is 14.8. The summed E-state index contributed by atoms with van der Waals surface area (Å²) >= 11 is 12.2. The topological polar surface area (TPSA) is 70.5 Å². The van der Waals surface area contributed by atoms with Gasteiger partial charge in [-0.3, -0.25) is 4.99 Å². The number of aromatic nitrogens is 2. The molecule has 0 saturated carbocycles. The molecule has 4 rings (SSSR count). The highest BCUT2D eigenvalue weighted by Gasteiger charge is 2.10. The smallest absolute Gasteiger partial charge is 0.160 e. The third kappa shape index (κ3) is 3.67. The summed E-state index contributed by atoms with van der Waals surface area (Å²) in [6.45, 7) is 0. The van der Waals surface area contributed by atoms with Gasteiger partial charge in [-0.15, -0.1) is 0 Å². The van der Waals surface area contributed by atoms with Crippen molar-refractivity contribution >= 4 is 46.1 Å². The number of nitrogens with zero attached hydrogens (tertiary/aromatic N) is 2. The number of rotatable bonds is 4. The van der Waals surface area contributed by atoms with Crippen molar-refractivity contribution in [2.75, 3.05) is 7.11 Å². The fourth-order valence-corrected chi connectivity index (χ4v) is 3.32. The molecule has 1 heterocycles. The third-order valence-corrected chi connectivity index (χ3v) is 4.77. The van der Waals surface area contributed by atoms with E-state index < -0.39 is 0 Å². The van der Waals surface area contributed by atoms with E-state index in [1.54, 1.807) is 30.5 Å². The highest BCUT2D eigenvalue weighted by molar-refractivity contribution is 6.36. The standard InChI is InChI=1S/C21H15Cl2N3O2/c1-28-20-7-2-12(8-19(20)27)11-24-14-4-6-17-18(10-14)26-21(25-17)15-5-3-13(22)9-16(15)23/h2-11,27H,1H3,(H,25,26)/b24-11+. The maximum atomic E-state index is 9.86. The number of phenolic OH excluding ortho intramolecular Hbond substituents is 1. The molecule has 7 heteroatoms. The zero-order valence-corrected chi connectivity index (χ0v) is 16.3. The molecule has 5 nitrogen and oxygen atoms in total. The summed E-state index contributed by atoms with van der Waals surface area (Å²) < 4.78 is 5.04. The second-order valence-electron chi connectivity index (χ2n) is 6.10. The Morgan fingerprint density at radius 3 is 2.68 bits per heavy atom. The molecule has 0 amide bonds. The number of fused-ring (bicyclic) bond motifs is 1. The van der Waals surface area contributed by atoms with Crippen molar-refractivity contribution in [2.45, 2.75) is 0 Å². The number of ether oxygens (including phenoxy) is 1. The normalized spacial score (nSPS) is 11.4. The SMILES string of the molecule is COc1ccc(/C=N/c2ccc3nc(-c4ccc(Cl)cc4Cl)[nH]c3c2)cc1O. The van der Waals surface area contributed by atoms with E-state index in [2.05, 4.69) is 15.0 Å². The predicted molar refractivity (Wildman–Crippen MR) is 113 cm³/mol. The molecule has 0 fully saturated rings. The van der Waals surface area contributed by atoms with Crippen LogP contribution in [-0.4, -0.2) is 28.4 Å². The van der Waals surface area contributed by atoms with E-state index in [9.17, 15) is 5.11 Å². The van der Waals surface area contributed by atoms with Crippen molar-refractivity contribution in [1.29, 1.82) is 0 Å². The van der Waals surface area contributed by atoms with Crippen LogP contribution in [0.4, 0.5) is 5.69 Å². The molecule has 0 radical (unpaired) electrons. The molecule has 0 aliphatic rings. The molecule has 140 valence electrons. The monoisotopic (exact) mass is 411 g/mol. The Labute approximate surface area is 171 Å². The predicted octanol–water partition coefficient (Wildman–Crippen LogP) is 6.00. The zero-order chi connectivity index (χ0) is 19.7. The maximum absolute atomic E-state index is 9.86. The van der Waals surface area contributed by atoms with Crippen LogP contribution in [0.3, 0.4) is 0 Å². The van der Waals surface area contributed by atoms with Gasteiger partial charge in [0.25, 0.3) is 0 Å². The Kier molecular flexibility index (Phi) is 4.94. The van der Waals surface area contributed by atoms with E-state index in [1.807, 2.05) is 30.3 Å². The molecule has 0 atom stereocenters. The number of aromatic amines is 1. The molecule has 28 heavy (non-hydrogen) atoms. The lowest BCUT2D eigenvalue weighted by atomic mass is 10.2. The Balaban J connectivity index is 1.64. The second kappa shape index (κ2) is 7.54. The van der Waals surface area contributed by atoms with Crippen molar-refractivity contribution in [1.82, 2.24) is 9.97 Å². The summed E-state index contributed by atoms with van der Waals surface area (Å²) in [6, 6.07) is 16.0. The number of aromatic hydroxyl groups is 1. The first kappa shape index (κ1) is 18.3. The number of aliphatic imine (C=N–C) groups is 1. The number of hydrogen-bond donors (Lipinski definition) is 2. The fourth-order valence-electron chi connectivity index (χ4n) is 2.82. The van der Waals surface area contributed by atoms with Gasteiger partial charge in [-0.1, -0.05) is 23.2 Å². The minimum Gasteiger partial charge on any atom is -0.504 e. The van der Waals surface area contributed by atoms with Gasteiger partial charge in [-0.2, -0.15) is 0 Å². The van der Waals surface area contributed by atoms with Crippen LogP contribution < -0.4 is 4.74 Å². The summed E-state index contributed by atoms with van der Waals surface area (Å²) in [4.78, 5) is 12.3. The molecular weight excluding hydrogens is 397 g/mol. The molecule has 0 aliphatic heterocycles. The Morgan fingerprint density at radius 2 is 1.93 bits per heavy atom. The lowest BCUT2D eigenvalue weighted by Gasteiger charge is -2.03. The van der Waals surface area contributed by atoms with Gasteiger partial charge in [-0.05, 0) is 60.2 Å². The summed E-state index contributed by atoms with van der Waals surface area (Å²) in [5.41, 5.74) is 3.94. The van der Waals surface area contributed by atoms with Crippen LogP contribution >= 0.6 is 23.2 Å². The van der Waals surface area contributed by atoms with Gasteiger partial charge in [-0.25, -0.2) is 4.98 Å². The van der Waals surface area contributed by atoms with Crippen LogP contribution in [0.2, 0.25) is 10.0 Å². The van der Waals surface area contributed by atoms with Crippen molar-refractivity contribution < 1.29 is 9.84 Å². The van der Waals surface area contributed by atoms with Gasteiger partial charge in [0.05, 0.1) is 28.9 Å². The number of phenols is 1. The summed E-state index contributed by atoms with van der Waals surface area (Å²) in [7, 11) is 1.51. The highest BCUT2D eigenvalue weighted by atomic mass is 35.5. The van der Waals surface area contributed by atoms with E-state index in [4.69, 9.17) is 27.9 Å². The molecule has 3 aromatic carbocycles. The average molecular weight is 412 g/mol. The molecular formula is C21H15Cl2N3O2. The van der Waals surface area contributed by atoms with Crippen molar-refractivity contribution in [3.05, 3.63) is 70.2 Å². The molecule has 0 unspecified atom stereocenters. The van der Waals surface area contributed by atoms with E-state index in [1.165, 1.54) is 7.11 Å². The minimum atomic E-state index is 0.0694. The Bertz CT molecular complexity index is 1200.